The van der Waals surface area contributed by atoms with Gasteiger partial charge >= 0.3 is 0 Å². The quantitative estimate of drug-likeness (QED) is 0.626. The van der Waals surface area contributed by atoms with Gasteiger partial charge in [-0.15, -0.1) is 10.6 Å². The number of pyridine rings is 1. The van der Waals surface area contributed by atoms with Crippen LogP contribution in [0.5, 0.6) is 0 Å². The van der Waals surface area contributed by atoms with Gasteiger partial charge in [-0.3, -0.25) is 10.4 Å². The summed E-state index contributed by atoms with van der Waals surface area (Å²) in [7, 11) is 0. The SMILES string of the molecule is c1cnc2ccc(C3=NNNN3)cc2c1. The molecule has 1 aromatic heterocycles. The van der Waals surface area contributed by atoms with Crippen LogP contribution in [0.15, 0.2) is 41.6 Å². The molecule has 0 atom stereocenters. The van der Waals surface area contributed by atoms with Gasteiger partial charge in [0.2, 0.25) is 0 Å². The zero-order chi connectivity index (χ0) is 10.1. The fourth-order valence-electron chi connectivity index (χ4n) is 1.56. The molecule has 1 aromatic carbocycles. The van der Waals surface area contributed by atoms with Crippen LogP contribution in [0.4, 0.5) is 0 Å². The van der Waals surface area contributed by atoms with Crippen molar-refractivity contribution in [1.82, 2.24) is 21.5 Å². The Balaban J connectivity index is 2.13. The third-order valence-corrected chi connectivity index (χ3v) is 2.28. The lowest BCUT2D eigenvalue weighted by atomic mass is 10.1. The number of hydrogen-bond acceptors (Lipinski definition) is 5. The van der Waals surface area contributed by atoms with Gasteiger partial charge in [0.15, 0.2) is 5.84 Å². The first-order valence-corrected chi connectivity index (χ1v) is 4.62. The highest BCUT2D eigenvalue weighted by atomic mass is 15.8. The standard InChI is InChI=1S/C10H9N5/c1-2-7-6-8(10-12-14-15-13-10)3-4-9(7)11-5-1/h1-6,14-15H,(H,12,13). The summed E-state index contributed by atoms with van der Waals surface area (Å²) in [6.07, 6.45) is 1.79. The van der Waals surface area contributed by atoms with Crippen LogP contribution in [0.25, 0.3) is 10.9 Å². The molecule has 3 N–H and O–H groups in total. The Kier molecular flexibility index (Phi) is 1.76. The minimum absolute atomic E-state index is 0.778. The number of fused-ring (bicyclic) bond motifs is 1. The summed E-state index contributed by atoms with van der Waals surface area (Å²) < 4.78 is 0. The minimum atomic E-state index is 0.778. The van der Waals surface area contributed by atoms with Crippen LogP contribution in [0, 0.1) is 0 Å². The number of aromatic nitrogens is 1. The van der Waals surface area contributed by atoms with Crippen molar-refractivity contribution in [3.63, 3.8) is 0 Å². The number of benzene rings is 1. The second kappa shape index (κ2) is 3.21. The monoisotopic (exact) mass is 199 g/mol. The van der Waals surface area contributed by atoms with Crippen molar-refractivity contribution in [3.8, 4) is 0 Å². The van der Waals surface area contributed by atoms with Gasteiger partial charge in [0.05, 0.1) is 5.52 Å². The molecule has 5 nitrogen and oxygen atoms in total. The fourth-order valence-corrected chi connectivity index (χ4v) is 1.56. The van der Waals surface area contributed by atoms with Crippen LogP contribution in [0.1, 0.15) is 5.56 Å². The second-order valence-electron chi connectivity index (χ2n) is 3.23. The highest BCUT2D eigenvalue weighted by Gasteiger charge is 2.07. The molecule has 1 aliphatic rings. The van der Waals surface area contributed by atoms with Gasteiger partial charge in [-0.1, -0.05) is 6.07 Å². The summed E-state index contributed by atoms with van der Waals surface area (Å²) in [6, 6.07) is 9.96. The van der Waals surface area contributed by atoms with E-state index < -0.39 is 0 Å². The van der Waals surface area contributed by atoms with Gasteiger partial charge in [-0.25, -0.2) is 5.53 Å². The average molecular weight is 199 g/mol. The number of nitrogens with zero attached hydrogens (tertiary/aromatic N) is 2. The van der Waals surface area contributed by atoms with Crippen LogP contribution in [0.3, 0.4) is 0 Å². The lowest BCUT2D eigenvalue weighted by molar-refractivity contribution is 0.577. The zero-order valence-electron chi connectivity index (χ0n) is 7.86. The van der Waals surface area contributed by atoms with Crippen molar-refractivity contribution in [1.29, 1.82) is 0 Å². The molecule has 74 valence electrons. The van der Waals surface area contributed by atoms with Crippen LogP contribution >= 0.6 is 0 Å². The van der Waals surface area contributed by atoms with E-state index in [0.717, 1.165) is 22.3 Å². The van der Waals surface area contributed by atoms with E-state index in [-0.39, 0.29) is 0 Å². The first kappa shape index (κ1) is 8.19. The van der Waals surface area contributed by atoms with Gasteiger partial charge in [0.25, 0.3) is 0 Å². The Morgan fingerprint density at radius 2 is 2.13 bits per heavy atom. The molecular formula is C10H9N5. The van der Waals surface area contributed by atoms with Gasteiger partial charge < -0.3 is 0 Å². The Labute approximate surface area is 86.1 Å². The molecule has 0 radical (unpaired) electrons. The summed E-state index contributed by atoms with van der Waals surface area (Å²) >= 11 is 0. The molecule has 1 aliphatic heterocycles. The van der Waals surface area contributed by atoms with E-state index in [9.17, 15) is 0 Å². The van der Waals surface area contributed by atoms with Gasteiger partial charge in [-0.05, 0) is 24.3 Å². The Bertz CT molecular complexity index is 534. The predicted molar refractivity (Wildman–Crippen MR) is 57.7 cm³/mol. The number of rotatable bonds is 1. The van der Waals surface area contributed by atoms with E-state index in [1.165, 1.54) is 0 Å². The number of hydrazine groups is 2. The number of hydrazone groups is 1. The number of amidine groups is 1. The minimum Gasteiger partial charge on any atom is -0.285 e. The van der Waals surface area contributed by atoms with Crippen LogP contribution in [-0.4, -0.2) is 10.8 Å². The summed E-state index contributed by atoms with van der Waals surface area (Å²) in [5.41, 5.74) is 10.2. The molecule has 15 heavy (non-hydrogen) atoms. The topological polar surface area (TPSA) is 61.3 Å². The van der Waals surface area contributed by atoms with E-state index in [1.807, 2.05) is 30.3 Å². The maximum Gasteiger partial charge on any atom is 0.170 e. The molecule has 0 saturated carbocycles. The third-order valence-electron chi connectivity index (χ3n) is 2.28. The first-order valence-electron chi connectivity index (χ1n) is 4.62. The third kappa shape index (κ3) is 1.38. The molecule has 0 spiro atoms. The highest BCUT2D eigenvalue weighted by molar-refractivity contribution is 6.01. The largest absolute Gasteiger partial charge is 0.285 e. The van der Waals surface area contributed by atoms with Crippen molar-refractivity contribution in [2.24, 2.45) is 5.10 Å². The fraction of sp³-hybridized carbons (Fsp3) is 0. The molecule has 0 bridgehead atoms. The molecule has 0 saturated heterocycles. The summed E-state index contributed by atoms with van der Waals surface area (Å²) in [4.78, 5) is 4.26. The summed E-state index contributed by atoms with van der Waals surface area (Å²) in [6.45, 7) is 0. The van der Waals surface area contributed by atoms with E-state index in [0.29, 0.717) is 0 Å². The average Bonchev–Trinajstić information content (AvgIpc) is 2.82. The normalized spacial score (nSPS) is 14.5. The second-order valence-corrected chi connectivity index (χ2v) is 3.23. The lowest BCUT2D eigenvalue weighted by Gasteiger charge is -2.02. The maximum atomic E-state index is 4.26. The van der Waals surface area contributed by atoms with Crippen LogP contribution in [0.2, 0.25) is 0 Å². The van der Waals surface area contributed by atoms with Crippen molar-refractivity contribution in [3.05, 3.63) is 42.1 Å². The smallest absolute Gasteiger partial charge is 0.170 e. The van der Waals surface area contributed by atoms with Gasteiger partial charge in [-0.2, -0.15) is 0 Å². The van der Waals surface area contributed by atoms with Crippen molar-refractivity contribution >= 4 is 16.7 Å². The first-order chi connectivity index (χ1) is 7.43. The van der Waals surface area contributed by atoms with Gasteiger partial charge in [0, 0.05) is 17.1 Å². The van der Waals surface area contributed by atoms with Crippen molar-refractivity contribution in [2.45, 2.75) is 0 Å². The maximum absolute atomic E-state index is 4.26. The molecule has 0 fully saturated rings. The lowest BCUT2D eigenvalue weighted by Crippen LogP contribution is -2.35. The highest BCUT2D eigenvalue weighted by Crippen LogP contribution is 2.13. The summed E-state index contributed by atoms with van der Waals surface area (Å²) in [5, 5.41) is 5.14. The molecule has 5 heteroatoms. The molecule has 3 rings (SSSR count). The van der Waals surface area contributed by atoms with Crippen LogP contribution in [-0.2, 0) is 0 Å². The molecule has 0 amide bonds. The van der Waals surface area contributed by atoms with Crippen molar-refractivity contribution < 1.29 is 0 Å². The summed E-state index contributed by atoms with van der Waals surface area (Å²) in [5.74, 6) is 0.778. The van der Waals surface area contributed by atoms with Crippen LogP contribution < -0.4 is 16.5 Å². The Hall–Kier alpha value is -2.14. The molecular weight excluding hydrogens is 190 g/mol. The van der Waals surface area contributed by atoms with Gasteiger partial charge in [0.1, 0.15) is 0 Å². The van der Waals surface area contributed by atoms with E-state index >= 15 is 0 Å². The Morgan fingerprint density at radius 3 is 3.00 bits per heavy atom. The molecule has 2 heterocycles. The van der Waals surface area contributed by atoms with E-state index in [4.69, 9.17) is 0 Å². The van der Waals surface area contributed by atoms with Crippen molar-refractivity contribution in [2.75, 3.05) is 0 Å². The molecule has 0 aliphatic carbocycles. The number of hydrogen-bond donors (Lipinski definition) is 3. The van der Waals surface area contributed by atoms with E-state index in [2.05, 4.69) is 26.6 Å². The zero-order valence-corrected chi connectivity index (χ0v) is 7.86. The predicted octanol–water partition coefficient (Wildman–Crippen LogP) is 0.509. The molecule has 0 unspecified atom stereocenters. The number of nitrogens with one attached hydrogen (secondary N) is 3. The Morgan fingerprint density at radius 1 is 1.13 bits per heavy atom. The van der Waals surface area contributed by atoms with E-state index in [1.54, 1.807) is 6.20 Å². The molecule has 2 aromatic rings.